The van der Waals surface area contributed by atoms with E-state index in [1.807, 2.05) is 0 Å². The smallest absolute Gasteiger partial charge is 0.257 e. The number of hydrogen-bond acceptors (Lipinski definition) is 6. The van der Waals surface area contributed by atoms with Crippen LogP contribution in [0.3, 0.4) is 0 Å². The van der Waals surface area contributed by atoms with E-state index in [2.05, 4.69) is 20.1 Å². The number of hydrogen-bond donors (Lipinski definition) is 1. The van der Waals surface area contributed by atoms with Gasteiger partial charge in [0.15, 0.2) is 5.82 Å². The fraction of sp³-hybridized carbons (Fsp3) is 0.235. The summed E-state index contributed by atoms with van der Waals surface area (Å²) in [5.41, 5.74) is 0.728. The molecule has 0 bridgehead atoms. The Morgan fingerprint density at radius 1 is 1.30 bits per heavy atom. The number of amides is 1. The lowest BCUT2D eigenvalue weighted by Crippen LogP contribution is -2.50. The lowest BCUT2D eigenvalue weighted by atomic mass is 9.98. The molecule has 1 aromatic heterocycles. The second kappa shape index (κ2) is 7.75. The maximum Gasteiger partial charge on any atom is 0.257 e. The van der Waals surface area contributed by atoms with Crippen LogP contribution in [-0.4, -0.2) is 44.8 Å². The molecule has 0 spiro atoms. The summed E-state index contributed by atoms with van der Waals surface area (Å²) < 4.78 is 27.0. The number of nitrogens with two attached hydrogens (primary N) is 1. The summed E-state index contributed by atoms with van der Waals surface area (Å²) in [5.74, 6) is 3.72. The molecule has 1 aromatic carbocycles. The molecule has 0 aliphatic carbocycles. The topological polar surface area (TPSA) is 96.8 Å². The number of likely N-dealkylation sites (tertiary alicyclic amines) is 1. The summed E-state index contributed by atoms with van der Waals surface area (Å²) in [7, 11) is 0. The molecular formula is C17H15ClF2N6O. The molecule has 1 aliphatic rings. The van der Waals surface area contributed by atoms with Crippen LogP contribution in [-0.2, 0) is 0 Å². The molecule has 140 valence electrons. The number of piperidine rings is 1. The van der Waals surface area contributed by atoms with Crippen LogP contribution >= 0.6 is 11.6 Å². The van der Waals surface area contributed by atoms with Gasteiger partial charge in [-0.15, -0.1) is 0 Å². The SMILES string of the molecule is C[C@H]1CC(=Nc2ncc(F)cn2)C(=NN)CN1C(=O)c1ccc(Cl)cc1F. The summed E-state index contributed by atoms with van der Waals surface area (Å²) in [6, 6.07) is 3.56. The van der Waals surface area contributed by atoms with E-state index in [1.54, 1.807) is 6.92 Å². The number of benzene rings is 1. The van der Waals surface area contributed by atoms with E-state index in [4.69, 9.17) is 17.4 Å². The van der Waals surface area contributed by atoms with E-state index in [1.165, 1.54) is 17.0 Å². The monoisotopic (exact) mass is 392 g/mol. The zero-order valence-electron chi connectivity index (χ0n) is 14.2. The Morgan fingerprint density at radius 3 is 2.63 bits per heavy atom. The minimum Gasteiger partial charge on any atom is -0.329 e. The fourth-order valence-corrected chi connectivity index (χ4v) is 2.87. The molecule has 1 atom stereocenters. The highest BCUT2D eigenvalue weighted by Crippen LogP contribution is 2.22. The van der Waals surface area contributed by atoms with Crippen LogP contribution in [0.25, 0.3) is 0 Å². The third-order valence-corrected chi connectivity index (χ3v) is 4.33. The summed E-state index contributed by atoms with van der Waals surface area (Å²) in [6.07, 6.45) is 2.30. The molecule has 1 fully saturated rings. The first-order valence-corrected chi connectivity index (χ1v) is 8.35. The third kappa shape index (κ3) is 4.08. The second-order valence-electron chi connectivity index (χ2n) is 5.95. The van der Waals surface area contributed by atoms with Gasteiger partial charge in [0.25, 0.3) is 5.91 Å². The first-order chi connectivity index (χ1) is 12.9. The van der Waals surface area contributed by atoms with Crippen LogP contribution in [0.2, 0.25) is 5.02 Å². The number of aliphatic imine (C=N–C) groups is 1. The Morgan fingerprint density at radius 2 is 2.00 bits per heavy atom. The van der Waals surface area contributed by atoms with Crippen LogP contribution in [0.5, 0.6) is 0 Å². The van der Waals surface area contributed by atoms with Crippen molar-refractivity contribution in [3.8, 4) is 0 Å². The predicted molar refractivity (Wildman–Crippen MR) is 97.2 cm³/mol. The van der Waals surface area contributed by atoms with Crippen LogP contribution in [0.4, 0.5) is 14.7 Å². The average Bonchev–Trinajstić information content (AvgIpc) is 2.63. The zero-order valence-corrected chi connectivity index (χ0v) is 15.0. The van der Waals surface area contributed by atoms with Crippen LogP contribution < -0.4 is 5.84 Å². The molecule has 7 nitrogen and oxygen atoms in total. The Labute approximate surface area is 158 Å². The largest absolute Gasteiger partial charge is 0.329 e. The second-order valence-corrected chi connectivity index (χ2v) is 6.38. The number of carbonyl (C=O) groups excluding carboxylic acids is 1. The van der Waals surface area contributed by atoms with Crippen molar-refractivity contribution < 1.29 is 13.6 Å². The van der Waals surface area contributed by atoms with Gasteiger partial charge in [-0.3, -0.25) is 4.79 Å². The lowest BCUT2D eigenvalue weighted by molar-refractivity contribution is 0.0718. The van der Waals surface area contributed by atoms with Crippen LogP contribution in [0.1, 0.15) is 23.7 Å². The lowest BCUT2D eigenvalue weighted by Gasteiger charge is -2.34. The molecule has 27 heavy (non-hydrogen) atoms. The summed E-state index contributed by atoms with van der Waals surface area (Å²) in [5, 5.41) is 3.89. The van der Waals surface area contributed by atoms with Crippen molar-refractivity contribution in [3.05, 3.63) is 52.8 Å². The highest BCUT2D eigenvalue weighted by atomic mass is 35.5. The first-order valence-electron chi connectivity index (χ1n) is 7.97. The van der Waals surface area contributed by atoms with Gasteiger partial charge in [0.1, 0.15) is 11.5 Å². The van der Waals surface area contributed by atoms with E-state index in [9.17, 15) is 13.6 Å². The van der Waals surface area contributed by atoms with Crippen LogP contribution in [0, 0.1) is 11.6 Å². The summed E-state index contributed by atoms with van der Waals surface area (Å²) >= 11 is 5.74. The molecular weight excluding hydrogens is 378 g/mol. The van der Waals surface area contributed by atoms with Crippen molar-refractivity contribution >= 4 is 34.9 Å². The molecule has 3 rings (SSSR count). The Balaban J connectivity index is 1.86. The Bertz CT molecular complexity index is 932. The van der Waals surface area contributed by atoms with Crippen molar-refractivity contribution in [3.63, 3.8) is 0 Å². The van der Waals surface area contributed by atoms with Crippen molar-refractivity contribution in [2.24, 2.45) is 15.9 Å². The van der Waals surface area contributed by atoms with Gasteiger partial charge in [-0.1, -0.05) is 11.6 Å². The highest BCUT2D eigenvalue weighted by molar-refractivity contribution is 6.44. The fourth-order valence-electron chi connectivity index (χ4n) is 2.72. The van der Waals surface area contributed by atoms with Gasteiger partial charge < -0.3 is 10.7 Å². The highest BCUT2D eigenvalue weighted by Gasteiger charge is 2.32. The van der Waals surface area contributed by atoms with Crippen molar-refractivity contribution in [1.82, 2.24) is 14.9 Å². The number of carbonyl (C=O) groups is 1. The van der Waals surface area contributed by atoms with Gasteiger partial charge in [0.05, 0.1) is 30.2 Å². The van der Waals surface area contributed by atoms with Gasteiger partial charge in [0, 0.05) is 17.5 Å². The summed E-state index contributed by atoms with van der Waals surface area (Å²) in [6.45, 7) is 1.83. The molecule has 2 N–H and O–H groups in total. The molecule has 2 heterocycles. The van der Waals surface area contributed by atoms with Crippen molar-refractivity contribution in [1.29, 1.82) is 0 Å². The van der Waals surface area contributed by atoms with E-state index >= 15 is 0 Å². The van der Waals surface area contributed by atoms with Gasteiger partial charge in [-0.25, -0.2) is 23.7 Å². The maximum absolute atomic E-state index is 14.1. The third-order valence-electron chi connectivity index (χ3n) is 4.09. The van der Waals surface area contributed by atoms with Gasteiger partial charge in [-0.2, -0.15) is 5.10 Å². The Hall–Kier alpha value is -2.94. The minimum absolute atomic E-state index is 0.0403. The molecule has 2 aromatic rings. The van der Waals surface area contributed by atoms with E-state index in [0.29, 0.717) is 17.8 Å². The molecule has 1 aliphatic heterocycles. The first kappa shape index (κ1) is 18.8. The van der Waals surface area contributed by atoms with Crippen molar-refractivity contribution in [2.45, 2.75) is 19.4 Å². The van der Waals surface area contributed by atoms with E-state index in [-0.39, 0.29) is 29.1 Å². The van der Waals surface area contributed by atoms with Crippen molar-refractivity contribution in [2.75, 3.05) is 6.54 Å². The summed E-state index contributed by atoms with van der Waals surface area (Å²) in [4.78, 5) is 26.0. The standard InChI is InChI=1S/C17H15ClF2N6O/c1-9-4-14(24-17-22-6-11(19)7-23-17)15(25-21)8-26(9)16(27)12-3-2-10(18)5-13(12)20/h2-3,5-7,9H,4,8,21H2,1H3/t9-/m0/s1. The zero-order chi connectivity index (χ0) is 19.6. The number of aromatic nitrogens is 2. The van der Waals surface area contributed by atoms with E-state index < -0.39 is 17.5 Å². The molecule has 10 heteroatoms. The van der Waals surface area contributed by atoms with E-state index in [0.717, 1.165) is 18.5 Å². The molecule has 1 amide bonds. The minimum atomic E-state index is -0.704. The quantitative estimate of drug-likeness (QED) is 0.627. The van der Waals surface area contributed by atoms with Gasteiger partial charge >= 0.3 is 0 Å². The number of rotatable bonds is 2. The number of nitrogens with zero attached hydrogens (tertiary/aromatic N) is 5. The van der Waals surface area contributed by atoms with Gasteiger partial charge in [0.2, 0.25) is 5.95 Å². The maximum atomic E-state index is 14.1. The van der Waals surface area contributed by atoms with Gasteiger partial charge in [-0.05, 0) is 25.1 Å². The molecule has 0 radical (unpaired) electrons. The molecule has 0 unspecified atom stereocenters. The molecule has 0 saturated carbocycles. The number of hydrazone groups is 1. The van der Waals surface area contributed by atoms with Crippen LogP contribution in [0.15, 0.2) is 40.7 Å². The number of halogens is 3. The molecule has 1 saturated heterocycles. The predicted octanol–water partition coefficient (Wildman–Crippen LogP) is 2.73. The normalized spacial score (nSPS) is 20.3. The average molecular weight is 393 g/mol. The Kier molecular flexibility index (Phi) is 5.41.